The van der Waals surface area contributed by atoms with Gasteiger partial charge in [-0.15, -0.1) is 0 Å². The molecule has 1 aromatic carbocycles. The molecule has 74 valence electrons. The maximum absolute atomic E-state index is 10.7. The first kappa shape index (κ1) is 9.34. The van der Waals surface area contributed by atoms with E-state index in [4.69, 9.17) is 16.7 Å². The molecule has 0 aliphatic carbocycles. The molecular formula is C10H10ClNO2. The van der Waals surface area contributed by atoms with Crippen molar-refractivity contribution in [3.8, 4) is 0 Å². The molecular weight excluding hydrogens is 202 g/mol. The van der Waals surface area contributed by atoms with Gasteiger partial charge < -0.3 is 10.4 Å². The zero-order valence-electron chi connectivity index (χ0n) is 7.46. The van der Waals surface area contributed by atoms with E-state index in [1.54, 1.807) is 6.07 Å². The number of anilines is 1. The summed E-state index contributed by atoms with van der Waals surface area (Å²) in [6.45, 7) is 0. The Morgan fingerprint density at radius 3 is 3.07 bits per heavy atom. The third-order valence-electron chi connectivity index (χ3n) is 2.40. The number of benzene rings is 1. The fourth-order valence-corrected chi connectivity index (χ4v) is 1.85. The topological polar surface area (TPSA) is 49.3 Å². The molecule has 1 aromatic rings. The monoisotopic (exact) mass is 211 g/mol. The molecule has 0 radical (unpaired) electrons. The van der Waals surface area contributed by atoms with Crippen molar-refractivity contribution >= 4 is 23.3 Å². The van der Waals surface area contributed by atoms with Gasteiger partial charge in [0.05, 0.1) is 0 Å². The van der Waals surface area contributed by atoms with Gasteiger partial charge in [-0.3, -0.25) is 0 Å². The second-order valence-electron chi connectivity index (χ2n) is 3.38. The average molecular weight is 212 g/mol. The largest absolute Gasteiger partial charge is 0.480 e. The molecule has 0 fully saturated rings. The lowest BCUT2D eigenvalue weighted by Gasteiger charge is -2.23. The van der Waals surface area contributed by atoms with Crippen LogP contribution in [0.2, 0.25) is 5.02 Å². The molecule has 0 saturated heterocycles. The molecule has 2 rings (SSSR count). The van der Waals surface area contributed by atoms with Crippen molar-refractivity contribution in [3.05, 3.63) is 28.8 Å². The summed E-state index contributed by atoms with van der Waals surface area (Å²) in [5.41, 5.74) is 1.98. The van der Waals surface area contributed by atoms with Gasteiger partial charge in [0.25, 0.3) is 0 Å². The summed E-state index contributed by atoms with van der Waals surface area (Å²) in [6, 6.07) is 5.00. The molecule has 0 aromatic heterocycles. The number of nitrogens with one attached hydrogen (secondary N) is 1. The molecule has 0 spiro atoms. The smallest absolute Gasteiger partial charge is 0.326 e. The molecule has 3 nitrogen and oxygen atoms in total. The second kappa shape index (κ2) is 3.50. The van der Waals surface area contributed by atoms with Crippen LogP contribution in [0.5, 0.6) is 0 Å². The van der Waals surface area contributed by atoms with Gasteiger partial charge in [-0.25, -0.2) is 4.79 Å². The summed E-state index contributed by atoms with van der Waals surface area (Å²) in [6.07, 6.45) is 1.38. The summed E-state index contributed by atoms with van der Waals surface area (Å²) >= 11 is 5.83. The average Bonchev–Trinajstić information content (AvgIpc) is 2.16. The predicted molar refractivity (Wildman–Crippen MR) is 54.8 cm³/mol. The number of rotatable bonds is 1. The van der Waals surface area contributed by atoms with Crippen LogP contribution >= 0.6 is 11.6 Å². The van der Waals surface area contributed by atoms with Crippen LogP contribution in [-0.4, -0.2) is 17.1 Å². The van der Waals surface area contributed by atoms with E-state index >= 15 is 0 Å². The Bertz CT molecular complexity index is 378. The molecule has 1 unspecified atom stereocenters. The number of carbonyl (C=O) groups is 1. The van der Waals surface area contributed by atoms with Crippen LogP contribution in [0.25, 0.3) is 0 Å². The van der Waals surface area contributed by atoms with E-state index in [1.165, 1.54) is 0 Å². The van der Waals surface area contributed by atoms with Crippen LogP contribution in [0, 0.1) is 0 Å². The highest BCUT2D eigenvalue weighted by Crippen LogP contribution is 2.27. The van der Waals surface area contributed by atoms with Gasteiger partial charge >= 0.3 is 5.97 Å². The Balaban J connectivity index is 2.27. The molecule has 1 heterocycles. The Hall–Kier alpha value is -1.22. The lowest BCUT2D eigenvalue weighted by atomic mass is 9.98. The summed E-state index contributed by atoms with van der Waals surface area (Å²) in [5.74, 6) is -0.800. The second-order valence-corrected chi connectivity index (χ2v) is 3.81. The van der Waals surface area contributed by atoms with Crippen LogP contribution in [-0.2, 0) is 11.2 Å². The van der Waals surface area contributed by atoms with Crippen LogP contribution in [0.3, 0.4) is 0 Å². The third-order valence-corrected chi connectivity index (χ3v) is 2.63. The molecule has 4 heteroatoms. The van der Waals surface area contributed by atoms with Gasteiger partial charge in [-0.2, -0.15) is 0 Å². The number of aliphatic carboxylic acids is 1. The Morgan fingerprint density at radius 1 is 1.57 bits per heavy atom. The van der Waals surface area contributed by atoms with E-state index in [0.29, 0.717) is 11.4 Å². The minimum Gasteiger partial charge on any atom is -0.480 e. The number of carboxylic acid groups (broad SMARTS) is 1. The van der Waals surface area contributed by atoms with Crippen molar-refractivity contribution in [2.24, 2.45) is 0 Å². The summed E-state index contributed by atoms with van der Waals surface area (Å²) < 4.78 is 0. The van der Waals surface area contributed by atoms with E-state index in [-0.39, 0.29) is 0 Å². The maximum Gasteiger partial charge on any atom is 0.326 e. The van der Waals surface area contributed by atoms with E-state index in [0.717, 1.165) is 17.7 Å². The van der Waals surface area contributed by atoms with Crippen LogP contribution in [0.4, 0.5) is 5.69 Å². The number of hydrogen-bond acceptors (Lipinski definition) is 2. The number of hydrogen-bond donors (Lipinski definition) is 2. The first-order chi connectivity index (χ1) is 6.66. The van der Waals surface area contributed by atoms with Crippen LogP contribution in [0.15, 0.2) is 18.2 Å². The predicted octanol–water partition coefficient (Wildman–Crippen LogP) is 2.15. The SMILES string of the molecule is O=C(O)C1CCc2cc(Cl)ccc2N1. The molecule has 1 atom stereocenters. The molecule has 2 N–H and O–H groups in total. The fourth-order valence-electron chi connectivity index (χ4n) is 1.65. The first-order valence-corrected chi connectivity index (χ1v) is 4.82. The Kier molecular flexibility index (Phi) is 2.33. The summed E-state index contributed by atoms with van der Waals surface area (Å²) in [4.78, 5) is 10.7. The van der Waals surface area contributed by atoms with Crippen molar-refractivity contribution in [2.45, 2.75) is 18.9 Å². The Morgan fingerprint density at radius 2 is 2.36 bits per heavy atom. The molecule has 0 amide bonds. The highest BCUT2D eigenvalue weighted by atomic mass is 35.5. The highest BCUT2D eigenvalue weighted by Gasteiger charge is 2.22. The minimum absolute atomic E-state index is 0.469. The van der Waals surface area contributed by atoms with Gasteiger partial charge in [-0.1, -0.05) is 11.6 Å². The van der Waals surface area contributed by atoms with Gasteiger partial charge in [-0.05, 0) is 36.6 Å². The van der Waals surface area contributed by atoms with Crippen molar-refractivity contribution in [3.63, 3.8) is 0 Å². The zero-order valence-corrected chi connectivity index (χ0v) is 8.21. The molecule has 1 aliphatic heterocycles. The number of aryl methyl sites for hydroxylation is 1. The Labute approximate surface area is 86.7 Å². The summed E-state index contributed by atoms with van der Waals surface area (Å²) in [5, 5.41) is 12.5. The zero-order chi connectivity index (χ0) is 10.1. The molecule has 14 heavy (non-hydrogen) atoms. The van der Waals surface area contributed by atoms with Crippen molar-refractivity contribution < 1.29 is 9.90 Å². The molecule has 0 saturated carbocycles. The van der Waals surface area contributed by atoms with Gasteiger partial charge in [0.2, 0.25) is 0 Å². The lowest BCUT2D eigenvalue weighted by molar-refractivity contribution is -0.138. The highest BCUT2D eigenvalue weighted by molar-refractivity contribution is 6.30. The number of carboxylic acids is 1. The van der Waals surface area contributed by atoms with E-state index in [9.17, 15) is 4.79 Å². The quantitative estimate of drug-likeness (QED) is 0.749. The first-order valence-electron chi connectivity index (χ1n) is 4.44. The maximum atomic E-state index is 10.7. The van der Waals surface area contributed by atoms with E-state index in [1.807, 2.05) is 12.1 Å². The van der Waals surface area contributed by atoms with Crippen molar-refractivity contribution in [1.82, 2.24) is 0 Å². The summed E-state index contributed by atoms with van der Waals surface area (Å²) in [7, 11) is 0. The normalized spacial score (nSPS) is 19.6. The van der Waals surface area contributed by atoms with Crippen molar-refractivity contribution in [1.29, 1.82) is 0 Å². The van der Waals surface area contributed by atoms with Gasteiger partial charge in [0.15, 0.2) is 0 Å². The number of fused-ring (bicyclic) bond motifs is 1. The lowest BCUT2D eigenvalue weighted by Crippen LogP contribution is -2.33. The van der Waals surface area contributed by atoms with Gasteiger partial charge in [0, 0.05) is 10.7 Å². The van der Waals surface area contributed by atoms with E-state index < -0.39 is 12.0 Å². The molecule has 1 aliphatic rings. The van der Waals surface area contributed by atoms with E-state index in [2.05, 4.69) is 5.32 Å². The minimum atomic E-state index is -0.800. The molecule has 0 bridgehead atoms. The third kappa shape index (κ3) is 1.68. The van der Waals surface area contributed by atoms with Gasteiger partial charge in [0.1, 0.15) is 6.04 Å². The van der Waals surface area contributed by atoms with Crippen molar-refractivity contribution in [2.75, 3.05) is 5.32 Å². The fraction of sp³-hybridized carbons (Fsp3) is 0.300. The number of halogens is 1. The van der Waals surface area contributed by atoms with Crippen LogP contribution in [0.1, 0.15) is 12.0 Å². The standard InChI is InChI=1S/C10H10ClNO2/c11-7-2-4-8-6(5-7)1-3-9(12-8)10(13)14/h2,4-5,9,12H,1,3H2,(H,13,14). The van der Waals surface area contributed by atoms with Crippen LogP contribution < -0.4 is 5.32 Å².